The number of aryl methyl sites for hydroxylation is 1. The Morgan fingerprint density at radius 1 is 1.05 bits per heavy atom. The van der Waals surface area contributed by atoms with Gasteiger partial charge in [-0.15, -0.1) is 0 Å². The van der Waals surface area contributed by atoms with Crippen molar-refractivity contribution in [2.45, 2.75) is 32.4 Å². The minimum Gasteiger partial charge on any atom is -0.310 e. The monoisotopic (exact) mass is 305 g/mol. The molecule has 0 spiro atoms. The van der Waals surface area contributed by atoms with Gasteiger partial charge in [0.2, 0.25) is 0 Å². The van der Waals surface area contributed by atoms with Crippen LogP contribution in [-0.4, -0.2) is 6.04 Å². The molecule has 1 aliphatic rings. The van der Waals surface area contributed by atoms with Gasteiger partial charge in [0.15, 0.2) is 0 Å². The molecule has 0 saturated heterocycles. The summed E-state index contributed by atoms with van der Waals surface area (Å²) in [7, 11) is 0. The summed E-state index contributed by atoms with van der Waals surface area (Å²) >= 11 is 12.2. The molecular formula is C17H17Cl2N. The molecule has 3 rings (SSSR count). The van der Waals surface area contributed by atoms with Crippen LogP contribution in [0.2, 0.25) is 10.0 Å². The van der Waals surface area contributed by atoms with E-state index in [1.54, 1.807) is 0 Å². The average molecular weight is 306 g/mol. The Hall–Kier alpha value is -1.02. The topological polar surface area (TPSA) is 12.0 Å². The highest BCUT2D eigenvalue weighted by Crippen LogP contribution is 2.31. The zero-order valence-electron chi connectivity index (χ0n) is 11.4. The van der Waals surface area contributed by atoms with E-state index >= 15 is 0 Å². The van der Waals surface area contributed by atoms with Crippen LogP contribution in [0.4, 0.5) is 0 Å². The minimum atomic E-state index is 0.598. The molecule has 0 radical (unpaired) electrons. The number of rotatable bonds is 4. The maximum absolute atomic E-state index is 6.15. The summed E-state index contributed by atoms with van der Waals surface area (Å²) in [6, 6.07) is 13.1. The van der Waals surface area contributed by atoms with Crippen LogP contribution in [0.25, 0.3) is 11.1 Å². The molecule has 1 nitrogen and oxygen atoms in total. The zero-order chi connectivity index (χ0) is 14.1. The number of benzene rings is 2. The molecule has 0 aliphatic heterocycles. The summed E-state index contributed by atoms with van der Waals surface area (Å²) in [6.07, 6.45) is 2.60. The summed E-state index contributed by atoms with van der Waals surface area (Å²) in [5.41, 5.74) is 4.91. The van der Waals surface area contributed by atoms with E-state index < -0.39 is 0 Å². The molecular weight excluding hydrogens is 289 g/mol. The highest BCUT2D eigenvalue weighted by molar-refractivity contribution is 6.42. The molecule has 0 aromatic heterocycles. The first kappa shape index (κ1) is 13.9. The average Bonchev–Trinajstić information content (AvgIpc) is 3.24. The molecule has 1 aliphatic carbocycles. The summed E-state index contributed by atoms with van der Waals surface area (Å²) in [5, 5.41) is 4.77. The van der Waals surface area contributed by atoms with Gasteiger partial charge < -0.3 is 5.32 Å². The second-order valence-electron chi connectivity index (χ2n) is 5.44. The van der Waals surface area contributed by atoms with Gasteiger partial charge in [0.05, 0.1) is 10.0 Å². The van der Waals surface area contributed by atoms with Gasteiger partial charge in [0.1, 0.15) is 0 Å². The van der Waals surface area contributed by atoms with E-state index in [2.05, 4.69) is 30.4 Å². The van der Waals surface area contributed by atoms with Crippen molar-refractivity contribution in [3.05, 3.63) is 57.6 Å². The SMILES string of the molecule is Cc1ccc(CNC2CC2)c(-c2ccc(Cl)c(Cl)c2)c1. The van der Waals surface area contributed by atoms with Gasteiger partial charge in [-0.05, 0) is 48.6 Å². The van der Waals surface area contributed by atoms with Crippen molar-refractivity contribution in [2.24, 2.45) is 0 Å². The highest BCUT2D eigenvalue weighted by atomic mass is 35.5. The maximum Gasteiger partial charge on any atom is 0.0598 e. The van der Waals surface area contributed by atoms with E-state index in [1.165, 1.54) is 29.5 Å². The first-order chi connectivity index (χ1) is 9.63. The van der Waals surface area contributed by atoms with Gasteiger partial charge in [-0.1, -0.05) is 53.0 Å². The lowest BCUT2D eigenvalue weighted by Gasteiger charge is -2.12. The molecule has 0 atom stereocenters. The third kappa shape index (κ3) is 3.17. The van der Waals surface area contributed by atoms with Crippen molar-refractivity contribution in [1.29, 1.82) is 0 Å². The third-order valence-corrected chi connectivity index (χ3v) is 4.39. The van der Waals surface area contributed by atoms with Gasteiger partial charge in [-0.25, -0.2) is 0 Å². The molecule has 1 N–H and O–H groups in total. The molecule has 1 fully saturated rings. The number of hydrogen-bond donors (Lipinski definition) is 1. The van der Waals surface area contributed by atoms with Crippen molar-refractivity contribution in [1.82, 2.24) is 5.32 Å². The van der Waals surface area contributed by atoms with E-state index in [1.807, 2.05) is 18.2 Å². The van der Waals surface area contributed by atoms with Crippen LogP contribution in [0.3, 0.4) is 0 Å². The van der Waals surface area contributed by atoms with Crippen molar-refractivity contribution in [3.63, 3.8) is 0 Å². The standard InChI is InChI=1S/C17H17Cl2N/c1-11-2-3-13(10-20-14-5-6-14)15(8-11)12-4-7-16(18)17(19)9-12/h2-4,7-9,14,20H,5-6,10H2,1H3. The molecule has 0 amide bonds. The van der Waals surface area contributed by atoms with Crippen LogP contribution < -0.4 is 5.32 Å². The summed E-state index contributed by atoms with van der Waals surface area (Å²) in [4.78, 5) is 0. The third-order valence-electron chi connectivity index (χ3n) is 3.65. The Morgan fingerprint density at radius 3 is 2.55 bits per heavy atom. The fourth-order valence-electron chi connectivity index (χ4n) is 2.32. The van der Waals surface area contributed by atoms with E-state index in [4.69, 9.17) is 23.2 Å². The Bertz CT molecular complexity index is 633. The van der Waals surface area contributed by atoms with Crippen molar-refractivity contribution in [2.75, 3.05) is 0 Å². The van der Waals surface area contributed by atoms with E-state index in [9.17, 15) is 0 Å². The smallest absolute Gasteiger partial charge is 0.0598 e. The van der Waals surface area contributed by atoms with E-state index in [-0.39, 0.29) is 0 Å². The van der Waals surface area contributed by atoms with E-state index in [0.29, 0.717) is 16.1 Å². The Morgan fingerprint density at radius 2 is 1.85 bits per heavy atom. The van der Waals surface area contributed by atoms with Crippen LogP contribution in [0.15, 0.2) is 36.4 Å². The van der Waals surface area contributed by atoms with Gasteiger partial charge in [0, 0.05) is 12.6 Å². The molecule has 104 valence electrons. The Labute approximate surface area is 129 Å². The largest absolute Gasteiger partial charge is 0.310 e. The normalized spacial score (nSPS) is 14.6. The van der Waals surface area contributed by atoms with Crippen LogP contribution >= 0.6 is 23.2 Å². The number of halogens is 2. The molecule has 0 heterocycles. The number of hydrogen-bond acceptors (Lipinski definition) is 1. The lowest BCUT2D eigenvalue weighted by atomic mass is 9.97. The Kier molecular flexibility index (Phi) is 4.02. The van der Waals surface area contributed by atoms with Gasteiger partial charge in [0.25, 0.3) is 0 Å². The van der Waals surface area contributed by atoms with Crippen LogP contribution in [-0.2, 0) is 6.54 Å². The van der Waals surface area contributed by atoms with Crippen LogP contribution in [0.1, 0.15) is 24.0 Å². The summed E-state index contributed by atoms with van der Waals surface area (Å²) < 4.78 is 0. The number of nitrogens with one attached hydrogen (secondary N) is 1. The van der Waals surface area contributed by atoms with Crippen LogP contribution in [0, 0.1) is 6.92 Å². The maximum atomic E-state index is 6.15. The van der Waals surface area contributed by atoms with Gasteiger partial charge in [-0.2, -0.15) is 0 Å². The van der Waals surface area contributed by atoms with Crippen molar-refractivity contribution in [3.8, 4) is 11.1 Å². The van der Waals surface area contributed by atoms with Crippen molar-refractivity contribution < 1.29 is 0 Å². The van der Waals surface area contributed by atoms with Crippen molar-refractivity contribution >= 4 is 23.2 Å². The molecule has 20 heavy (non-hydrogen) atoms. The predicted molar refractivity (Wildman–Crippen MR) is 86.5 cm³/mol. The summed E-state index contributed by atoms with van der Waals surface area (Å²) in [6.45, 7) is 3.01. The second kappa shape index (κ2) is 5.77. The predicted octanol–water partition coefficient (Wildman–Crippen LogP) is 5.22. The lowest BCUT2D eigenvalue weighted by molar-refractivity contribution is 0.688. The minimum absolute atomic E-state index is 0.598. The lowest BCUT2D eigenvalue weighted by Crippen LogP contribution is -2.15. The molecule has 2 aromatic rings. The molecule has 0 bridgehead atoms. The first-order valence-electron chi connectivity index (χ1n) is 6.92. The zero-order valence-corrected chi connectivity index (χ0v) is 12.9. The fourth-order valence-corrected chi connectivity index (χ4v) is 2.62. The molecule has 1 saturated carbocycles. The summed E-state index contributed by atoms with van der Waals surface area (Å²) in [5.74, 6) is 0. The fraction of sp³-hybridized carbons (Fsp3) is 0.294. The van der Waals surface area contributed by atoms with E-state index in [0.717, 1.165) is 12.1 Å². The first-order valence-corrected chi connectivity index (χ1v) is 7.67. The Balaban J connectivity index is 1.96. The second-order valence-corrected chi connectivity index (χ2v) is 6.26. The molecule has 0 unspecified atom stereocenters. The molecule has 2 aromatic carbocycles. The quantitative estimate of drug-likeness (QED) is 0.816. The van der Waals surface area contributed by atoms with Crippen LogP contribution in [0.5, 0.6) is 0 Å². The molecule has 3 heteroatoms. The van der Waals surface area contributed by atoms with Gasteiger partial charge in [-0.3, -0.25) is 0 Å². The highest BCUT2D eigenvalue weighted by Gasteiger charge is 2.20. The van der Waals surface area contributed by atoms with Gasteiger partial charge >= 0.3 is 0 Å².